The van der Waals surface area contributed by atoms with Gasteiger partial charge in [-0.05, 0) is 86.7 Å². The lowest BCUT2D eigenvalue weighted by atomic mass is 10.1. The molecule has 1 N–H and O–H groups in total. The summed E-state index contributed by atoms with van der Waals surface area (Å²) in [5.74, 6) is 0.198. The van der Waals surface area contributed by atoms with Gasteiger partial charge in [0.1, 0.15) is 24.0 Å². The van der Waals surface area contributed by atoms with E-state index in [0.717, 1.165) is 20.1 Å². The van der Waals surface area contributed by atoms with E-state index in [2.05, 4.69) is 37.2 Å². The maximum absolute atomic E-state index is 12.6. The van der Waals surface area contributed by atoms with Gasteiger partial charge in [0.25, 0.3) is 5.91 Å². The summed E-state index contributed by atoms with van der Waals surface area (Å²) >= 11 is 7.06. The first-order chi connectivity index (χ1) is 14.9. The molecule has 0 spiro atoms. The monoisotopic (exact) mass is 538 g/mol. The molecule has 0 saturated carbocycles. The molecule has 4 nitrogen and oxygen atoms in total. The lowest BCUT2D eigenvalue weighted by Gasteiger charge is -2.12. The van der Waals surface area contributed by atoms with E-state index in [1.807, 2.05) is 74.5 Å². The lowest BCUT2D eigenvalue weighted by Crippen LogP contribution is -2.14. The van der Waals surface area contributed by atoms with Crippen LogP contribution in [0.1, 0.15) is 22.3 Å². The smallest absolute Gasteiger partial charge is 0.266 e. The van der Waals surface area contributed by atoms with Gasteiger partial charge in [-0.15, -0.1) is 0 Å². The second kappa shape index (κ2) is 10.4. The molecule has 0 aliphatic carbocycles. The number of para-hydroxylation sites is 1. The number of hydrogen-bond donors (Lipinski definition) is 1. The number of carbonyl (C=O) groups is 1. The highest BCUT2D eigenvalue weighted by atomic mass is 79.9. The van der Waals surface area contributed by atoms with Crippen molar-refractivity contribution < 1.29 is 9.53 Å². The van der Waals surface area contributed by atoms with Gasteiger partial charge in [0.2, 0.25) is 0 Å². The zero-order chi connectivity index (χ0) is 22.4. The van der Waals surface area contributed by atoms with Gasteiger partial charge >= 0.3 is 0 Å². The Kier molecular flexibility index (Phi) is 7.67. The summed E-state index contributed by atoms with van der Waals surface area (Å²) in [4.78, 5) is 12.6. The molecule has 6 heteroatoms. The van der Waals surface area contributed by atoms with E-state index < -0.39 is 5.91 Å². The first-order valence-electron chi connectivity index (χ1n) is 9.53. The molecule has 0 fully saturated rings. The van der Waals surface area contributed by atoms with Crippen molar-refractivity contribution in [1.29, 1.82) is 5.26 Å². The van der Waals surface area contributed by atoms with E-state index >= 15 is 0 Å². The van der Waals surface area contributed by atoms with Gasteiger partial charge < -0.3 is 10.1 Å². The molecule has 31 heavy (non-hydrogen) atoms. The molecule has 0 bridgehead atoms. The van der Waals surface area contributed by atoms with Gasteiger partial charge in [-0.3, -0.25) is 4.79 Å². The standard InChI is InChI=1S/C25H20Br2N2O2/c1-16-7-9-18(10-8-16)15-31-24-21(26)12-19(13-22(24)27)11-20(14-28)25(30)29-23-6-4-3-5-17(23)2/h3-13H,15H2,1-2H3,(H,29,30)/b20-11-. The molecule has 0 heterocycles. The summed E-state index contributed by atoms with van der Waals surface area (Å²) in [6.45, 7) is 4.37. The molecule has 0 radical (unpaired) electrons. The van der Waals surface area contributed by atoms with E-state index in [-0.39, 0.29) is 5.57 Å². The largest absolute Gasteiger partial charge is 0.487 e. The minimum atomic E-state index is -0.455. The van der Waals surface area contributed by atoms with Crippen LogP contribution in [0.15, 0.2) is 75.2 Å². The van der Waals surface area contributed by atoms with Crippen molar-refractivity contribution in [2.75, 3.05) is 5.32 Å². The number of anilines is 1. The number of amides is 1. The number of nitrogens with zero attached hydrogens (tertiary/aromatic N) is 1. The van der Waals surface area contributed by atoms with Crippen LogP contribution in [0.3, 0.4) is 0 Å². The third-order valence-electron chi connectivity index (χ3n) is 4.59. The summed E-state index contributed by atoms with van der Waals surface area (Å²) in [5, 5.41) is 12.3. The minimum Gasteiger partial charge on any atom is -0.487 e. The first-order valence-corrected chi connectivity index (χ1v) is 11.1. The van der Waals surface area contributed by atoms with Crippen LogP contribution in [-0.4, -0.2) is 5.91 Å². The molecule has 3 rings (SSSR count). The van der Waals surface area contributed by atoms with Crippen LogP contribution in [0.25, 0.3) is 6.08 Å². The van der Waals surface area contributed by atoms with Crippen LogP contribution in [0.4, 0.5) is 5.69 Å². The highest BCUT2D eigenvalue weighted by molar-refractivity contribution is 9.11. The molecule has 0 aromatic heterocycles. The van der Waals surface area contributed by atoms with Gasteiger partial charge in [-0.1, -0.05) is 48.0 Å². The third kappa shape index (κ3) is 6.06. The van der Waals surface area contributed by atoms with Gasteiger partial charge in [0.05, 0.1) is 8.95 Å². The van der Waals surface area contributed by atoms with Crippen molar-refractivity contribution in [3.63, 3.8) is 0 Å². The lowest BCUT2D eigenvalue weighted by molar-refractivity contribution is -0.112. The summed E-state index contributed by atoms with van der Waals surface area (Å²) in [5.41, 5.74) is 4.56. The fourth-order valence-electron chi connectivity index (χ4n) is 2.86. The second-order valence-corrected chi connectivity index (χ2v) is 8.74. The predicted molar refractivity (Wildman–Crippen MR) is 131 cm³/mol. The number of nitrogens with one attached hydrogen (secondary N) is 1. The topological polar surface area (TPSA) is 62.1 Å². The van der Waals surface area contributed by atoms with Crippen LogP contribution in [0.2, 0.25) is 0 Å². The predicted octanol–water partition coefficient (Wildman–Crippen LogP) is 6.95. The average molecular weight is 540 g/mol. The van der Waals surface area contributed by atoms with E-state index in [0.29, 0.717) is 23.6 Å². The van der Waals surface area contributed by atoms with Crippen molar-refractivity contribution in [2.24, 2.45) is 0 Å². The van der Waals surface area contributed by atoms with Crippen LogP contribution >= 0.6 is 31.9 Å². The van der Waals surface area contributed by atoms with E-state index in [4.69, 9.17) is 4.74 Å². The molecule has 0 aliphatic rings. The number of ether oxygens (including phenoxy) is 1. The summed E-state index contributed by atoms with van der Waals surface area (Å²) in [7, 11) is 0. The SMILES string of the molecule is Cc1ccc(COc2c(Br)cc(/C=C(/C#N)C(=O)Nc3ccccc3C)cc2Br)cc1. The maximum atomic E-state index is 12.6. The number of hydrogen-bond acceptors (Lipinski definition) is 3. The van der Waals surface area contributed by atoms with Crippen molar-refractivity contribution in [1.82, 2.24) is 0 Å². The number of carbonyl (C=O) groups excluding carboxylic acids is 1. The number of aryl methyl sites for hydroxylation is 2. The van der Waals surface area contributed by atoms with E-state index in [1.165, 1.54) is 5.56 Å². The molecule has 3 aromatic carbocycles. The van der Waals surface area contributed by atoms with Crippen molar-refractivity contribution in [2.45, 2.75) is 20.5 Å². The third-order valence-corrected chi connectivity index (χ3v) is 5.77. The Hall–Kier alpha value is -2.88. The molecule has 3 aromatic rings. The van der Waals surface area contributed by atoms with Gasteiger partial charge in [-0.2, -0.15) is 5.26 Å². The average Bonchev–Trinajstić information content (AvgIpc) is 2.74. The normalized spacial score (nSPS) is 11.0. The van der Waals surface area contributed by atoms with Crippen molar-refractivity contribution >= 4 is 49.5 Å². The number of halogens is 2. The minimum absolute atomic E-state index is 0.00961. The summed E-state index contributed by atoms with van der Waals surface area (Å²) in [6, 6.07) is 21.2. The molecule has 156 valence electrons. The fourth-order valence-corrected chi connectivity index (χ4v) is 4.31. The van der Waals surface area contributed by atoms with Gasteiger partial charge in [0, 0.05) is 5.69 Å². The summed E-state index contributed by atoms with van der Waals surface area (Å²) < 4.78 is 7.40. The molecular formula is C25H20Br2N2O2. The molecule has 1 amide bonds. The highest BCUT2D eigenvalue weighted by Gasteiger charge is 2.13. The quantitative estimate of drug-likeness (QED) is 0.272. The fraction of sp³-hybridized carbons (Fsp3) is 0.120. The Morgan fingerprint density at radius 2 is 1.71 bits per heavy atom. The molecule has 0 aliphatic heterocycles. The highest BCUT2D eigenvalue weighted by Crippen LogP contribution is 2.36. The van der Waals surface area contributed by atoms with Crippen LogP contribution < -0.4 is 10.1 Å². The Labute approximate surface area is 198 Å². The number of rotatable bonds is 6. The Morgan fingerprint density at radius 1 is 1.06 bits per heavy atom. The van der Waals surface area contributed by atoms with E-state index in [1.54, 1.807) is 12.1 Å². The zero-order valence-electron chi connectivity index (χ0n) is 17.1. The van der Waals surface area contributed by atoms with Gasteiger partial charge in [-0.25, -0.2) is 0 Å². The van der Waals surface area contributed by atoms with Crippen LogP contribution in [-0.2, 0) is 11.4 Å². The molecular weight excluding hydrogens is 520 g/mol. The number of benzene rings is 3. The Balaban J connectivity index is 1.78. The second-order valence-electron chi connectivity index (χ2n) is 7.03. The Morgan fingerprint density at radius 3 is 2.32 bits per heavy atom. The Bertz CT molecular complexity index is 1160. The first kappa shape index (κ1) is 22.8. The summed E-state index contributed by atoms with van der Waals surface area (Å²) in [6.07, 6.45) is 1.55. The maximum Gasteiger partial charge on any atom is 0.266 e. The molecule has 0 saturated heterocycles. The molecule has 0 unspecified atom stereocenters. The van der Waals surface area contributed by atoms with E-state index in [9.17, 15) is 10.1 Å². The van der Waals surface area contributed by atoms with Gasteiger partial charge in [0.15, 0.2) is 0 Å². The zero-order valence-corrected chi connectivity index (χ0v) is 20.2. The molecule has 0 atom stereocenters. The number of nitriles is 1. The van der Waals surface area contributed by atoms with Crippen molar-refractivity contribution in [3.8, 4) is 11.8 Å². The van der Waals surface area contributed by atoms with Crippen LogP contribution in [0.5, 0.6) is 5.75 Å². The van der Waals surface area contributed by atoms with Crippen molar-refractivity contribution in [3.05, 3.63) is 97.4 Å². The van der Waals surface area contributed by atoms with Crippen LogP contribution in [0, 0.1) is 25.2 Å².